The van der Waals surface area contributed by atoms with Gasteiger partial charge in [0.2, 0.25) is 0 Å². The molecule has 180 valence electrons. The van der Waals surface area contributed by atoms with E-state index in [4.69, 9.17) is 0 Å². The van der Waals surface area contributed by atoms with Crippen LogP contribution in [0.3, 0.4) is 0 Å². The SMILES string of the molecule is CC(C)c1ccc2c(c1)C(=O)N(C(C)C)C2=O.CC(C)c1cccc2c1C(=O)N(C(C)C)C2=O. The highest BCUT2D eigenvalue weighted by Gasteiger charge is 2.39. The number of benzene rings is 2. The van der Waals surface area contributed by atoms with Gasteiger partial charge in [-0.2, -0.15) is 0 Å². The fourth-order valence-electron chi connectivity index (χ4n) is 4.38. The molecule has 0 saturated carbocycles. The summed E-state index contributed by atoms with van der Waals surface area (Å²) in [5, 5.41) is 0. The summed E-state index contributed by atoms with van der Waals surface area (Å²) < 4.78 is 0. The Hall–Kier alpha value is -3.28. The Labute approximate surface area is 201 Å². The zero-order chi connectivity index (χ0) is 25.5. The zero-order valence-corrected chi connectivity index (χ0v) is 21.3. The van der Waals surface area contributed by atoms with Crippen LogP contribution < -0.4 is 0 Å². The molecule has 4 amide bonds. The minimum atomic E-state index is -0.171. The third-order valence-corrected chi connectivity index (χ3v) is 6.24. The standard InChI is InChI=1S/2C14H17NO2/c1-8(2)10-5-6-11-12(7-10)14(17)15(9(3)4)13(11)16;1-8(2)10-6-5-7-11-12(10)14(17)15(9(3)4)13(11)16/h2*5-9H,1-4H3. The van der Waals surface area contributed by atoms with Gasteiger partial charge in [0.15, 0.2) is 0 Å². The highest BCUT2D eigenvalue weighted by molar-refractivity contribution is 6.22. The molecule has 6 heteroatoms. The highest BCUT2D eigenvalue weighted by atomic mass is 16.2. The van der Waals surface area contributed by atoms with Crippen LogP contribution in [0.4, 0.5) is 0 Å². The summed E-state index contributed by atoms with van der Waals surface area (Å²) in [6.45, 7) is 15.6. The van der Waals surface area contributed by atoms with E-state index in [9.17, 15) is 19.2 Å². The molecular weight excluding hydrogens is 428 g/mol. The molecule has 2 aliphatic rings. The predicted molar refractivity (Wildman–Crippen MR) is 132 cm³/mol. The van der Waals surface area contributed by atoms with Crippen molar-refractivity contribution in [2.75, 3.05) is 0 Å². The lowest BCUT2D eigenvalue weighted by atomic mass is 9.94. The van der Waals surface area contributed by atoms with Gasteiger partial charge in [0.1, 0.15) is 0 Å². The van der Waals surface area contributed by atoms with Crippen LogP contribution in [-0.2, 0) is 0 Å². The number of hydrogen-bond donors (Lipinski definition) is 0. The van der Waals surface area contributed by atoms with Crippen LogP contribution in [-0.4, -0.2) is 45.5 Å². The Bertz CT molecular complexity index is 1150. The van der Waals surface area contributed by atoms with Crippen LogP contribution >= 0.6 is 0 Å². The van der Waals surface area contributed by atoms with Crippen molar-refractivity contribution in [3.8, 4) is 0 Å². The molecule has 2 aromatic carbocycles. The number of carbonyl (C=O) groups excluding carboxylic acids is 4. The van der Waals surface area contributed by atoms with E-state index in [0.717, 1.165) is 11.1 Å². The van der Waals surface area contributed by atoms with Crippen molar-refractivity contribution in [2.45, 2.75) is 79.3 Å². The minimum absolute atomic E-state index is 0.0927. The van der Waals surface area contributed by atoms with Crippen molar-refractivity contribution in [3.63, 3.8) is 0 Å². The lowest BCUT2D eigenvalue weighted by Gasteiger charge is -2.18. The first-order valence-corrected chi connectivity index (χ1v) is 11.9. The Balaban J connectivity index is 0.000000191. The summed E-state index contributed by atoms with van der Waals surface area (Å²) >= 11 is 0. The summed E-state index contributed by atoms with van der Waals surface area (Å²) in [5.74, 6) is -0.0466. The molecule has 0 aromatic heterocycles. The zero-order valence-electron chi connectivity index (χ0n) is 21.3. The third kappa shape index (κ3) is 4.29. The van der Waals surface area contributed by atoms with Crippen LogP contribution in [0, 0.1) is 0 Å². The fourth-order valence-corrected chi connectivity index (χ4v) is 4.38. The van der Waals surface area contributed by atoms with Gasteiger partial charge in [-0.3, -0.25) is 29.0 Å². The lowest BCUT2D eigenvalue weighted by Crippen LogP contribution is -2.36. The maximum Gasteiger partial charge on any atom is 0.262 e. The van der Waals surface area contributed by atoms with Gasteiger partial charge < -0.3 is 0 Å². The first-order valence-electron chi connectivity index (χ1n) is 11.9. The summed E-state index contributed by atoms with van der Waals surface area (Å²) in [5.41, 5.74) is 4.29. The number of nitrogens with zero attached hydrogens (tertiary/aromatic N) is 2. The normalized spacial score (nSPS) is 15.1. The van der Waals surface area contributed by atoms with E-state index >= 15 is 0 Å². The topological polar surface area (TPSA) is 74.8 Å². The predicted octanol–water partition coefficient (Wildman–Crippen LogP) is 5.63. The molecule has 0 bridgehead atoms. The molecule has 0 fully saturated rings. The van der Waals surface area contributed by atoms with Crippen LogP contribution in [0.5, 0.6) is 0 Å². The number of carbonyl (C=O) groups is 4. The van der Waals surface area contributed by atoms with Crippen LogP contribution in [0.1, 0.15) is 120 Å². The number of imide groups is 2. The van der Waals surface area contributed by atoms with E-state index in [1.807, 2.05) is 65.8 Å². The van der Waals surface area contributed by atoms with Gasteiger partial charge in [0.25, 0.3) is 23.6 Å². The third-order valence-electron chi connectivity index (χ3n) is 6.24. The summed E-state index contributed by atoms with van der Waals surface area (Å²) in [6, 6.07) is 10.9. The average Bonchev–Trinajstić information content (AvgIpc) is 3.18. The quantitative estimate of drug-likeness (QED) is 0.552. The molecule has 0 spiro atoms. The number of rotatable bonds is 4. The largest absolute Gasteiger partial charge is 0.272 e. The van der Waals surface area contributed by atoms with Crippen LogP contribution in [0.15, 0.2) is 36.4 Å². The molecule has 4 rings (SSSR count). The monoisotopic (exact) mass is 462 g/mol. The number of hydrogen-bond acceptors (Lipinski definition) is 4. The molecule has 0 saturated heterocycles. The van der Waals surface area contributed by atoms with E-state index in [0.29, 0.717) is 28.2 Å². The molecule has 0 unspecified atom stereocenters. The van der Waals surface area contributed by atoms with Crippen LogP contribution in [0.25, 0.3) is 0 Å². The molecule has 0 aliphatic carbocycles. The molecule has 0 radical (unpaired) electrons. The van der Waals surface area contributed by atoms with Gasteiger partial charge in [-0.1, -0.05) is 45.9 Å². The minimum Gasteiger partial charge on any atom is -0.272 e. The smallest absolute Gasteiger partial charge is 0.262 e. The van der Waals surface area contributed by atoms with Gasteiger partial charge in [-0.25, -0.2) is 0 Å². The average molecular weight is 463 g/mol. The Morgan fingerprint density at radius 3 is 1.62 bits per heavy atom. The molecule has 0 atom stereocenters. The van der Waals surface area contributed by atoms with E-state index < -0.39 is 0 Å². The molecule has 0 N–H and O–H groups in total. The van der Waals surface area contributed by atoms with Crippen molar-refractivity contribution in [1.29, 1.82) is 0 Å². The Morgan fingerprint density at radius 2 is 1.09 bits per heavy atom. The second-order valence-electron chi connectivity index (χ2n) is 10.0. The van der Waals surface area contributed by atoms with E-state index in [1.165, 1.54) is 9.80 Å². The molecule has 34 heavy (non-hydrogen) atoms. The number of fused-ring (bicyclic) bond motifs is 2. The molecule has 2 aliphatic heterocycles. The maximum atomic E-state index is 12.3. The van der Waals surface area contributed by atoms with Crippen molar-refractivity contribution in [2.24, 2.45) is 0 Å². The van der Waals surface area contributed by atoms with Crippen molar-refractivity contribution >= 4 is 23.6 Å². The Kier molecular flexibility index (Phi) is 7.10. The first-order chi connectivity index (χ1) is 15.9. The summed E-state index contributed by atoms with van der Waals surface area (Å²) in [7, 11) is 0. The first kappa shape index (κ1) is 25.3. The molecular formula is C28H34N2O4. The fraction of sp³-hybridized carbons (Fsp3) is 0.429. The van der Waals surface area contributed by atoms with Gasteiger partial charge in [0.05, 0.1) is 22.3 Å². The van der Waals surface area contributed by atoms with Crippen molar-refractivity contribution in [3.05, 3.63) is 69.8 Å². The van der Waals surface area contributed by atoms with E-state index in [1.54, 1.807) is 12.1 Å². The number of amides is 4. The lowest BCUT2D eigenvalue weighted by molar-refractivity contribution is 0.0592. The van der Waals surface area contributed by atoms with Gasteiger partial charge in [-0.05, 0) is 68.9 Å². The van der Waals surface area contributed by atoms with Gasteiger partial charge >= 0.3 is 0 Å². The summed E-state index contributed by atoms with van der Waals surface area (Å²) in [4.78, 5) is 51.2. The van der Waals surface area contributed by atoms with E-state index in [2.05, 4.69) is 13.8 Å². The van der Waals surface area contributed by atoms with E-state index in [-0.39, 0.29) is 41.6 Å². The summed E-state index contributed by atoms with van der Waals surface area (Å²) in [6.07, 6.45) is 0. The van der Waals surface area contributed by atoms with Crippen molar-refractivity contribution in [1.82, 2.24) is 9.80 Å². The molecule has 2 aromatic rings. The second-order valence-corrected chi connectivity index (χ2v) is 10.0. The van der Waals surface area contributed by atoms with Gasteiger partial charge in [-0.15, -0.1) is 0 Å². The maximum absolute atomic E-state index is 12.3. The second kappa shape index (κ2) is 9.53. The van der Waals surface area contributed by atoms with Crippen LogP contribution in [0.2, 0.25) is 0 Å². The highest BCUT2D eigenvalue weighted by Crippen LogP contribution is 2.31. The van der Waals surface area contributed by atoms with Gasteiger partial charge in [0, 0.05) is 12.1 Å². The van der Waals surface area contributed by atoms with Crippen molar-refractivity contribution < 1.29 is 19.2 Å². The molecule has 6 nitrogen and oxygen atoms in total. The molecule has 2 heterocycles. The Morgan fingerprint density at radius 1 is 0.559 bits per heavy atom.